The molecule has 0 saturated carbocycles. The van der Waals surface area contributed by atoms with E-state index in [1.807, 2.05) is 24.3 Å². The first-order valence-electron chi connectivity index (χ1n) is 7.75. The molecule has 0 radical (unpaired) electrons. The average Bonchev–Trinajstić information content (AvgIpc) is 2.49. The van der Waals surface area contributed by atoms with Crippen molar-refractivity contribution in [3.63, 3.8) is 0 Å². The highest BCUT2D eigenvalue weighted by atomic mass is 16.5. The van der Waals surface area contributed by atoms with Crippen LogP contribution in [0.25, 0.3) is 0 Å². The number of methoxy groups -OCH3 is 1. The van der Waals surface area contributed by atoms with Gasteiger partial charge in [-0.2, -0.15) is 0 Å². The smallest absolute Gasteiger partial charge is 0.315 e. The Hall–Kier alpha value is -1.71. The van der Waals surface area contributed by atoms with Gasteiger partial charge in [-0.3, -0.25) is 0 Å². The fourth-order valence-electron chi connectivity index (χ4n) is 2.18. The van der Waals surface area contributed by atoms with E-state index in [2.05, 4.69) is 31.4 Å². The van der Waals surface area contributed by atoms with E-state index in [1.54, 1.807) is 7.11 Å². The van der Waals surface area contributed by atoms with E-state index < -0.39 is 0 Å². The highest BCUT2D eigenvalue weighted by molar-refractivity contribution is 5.74. The van der Waals surface area contributed by atoms with Gasteiger partial charge in [-0.15, -0.1) is 0 Å². The molecule has 0 saturated heterocycles. The predicted molar refractivity (Wildman–Crippen MR) is 86.6 cm³/mol. The van der Waals surface area contributed by atoms with Crippen molar-refractivity contribution >= 4 is 6.03 Å². The van der Waals surface area contributed by atoms with Gasteiger partial charge in [-0.25, -0.2) is 4.79 Å². The van der Waals surface area contributed by atoms with Crippen molar-refractivity contribution in [1.29, 1.82) is 0 Å². The Morgan fingerprint density at radius 3 is 2.43 bits per heavy atom. The first-order chi connectivity index (χ1) is 10.1. The van der Waals surface area contributed by atoms with Gasteiger partial charge in [0.15, 0.2) is 0 Å². The fourth-order valence-corrected chi connectivity index (χ4v) is 2.18. The summed E-state index contributed by atoms with van der Waals surface area (Å²) in [7, 11) is 1.65. The van der Waals surface area contributed by atoms with Gasteiger partial charge in [0.2, 0.25) is 0 Å². The number of hydrogen-bond donors (Lipinski definition) is 2. The summed E-state index contributed by atoms with van der Waals surface area (Å²) in [4.78, 5) is 11.9. The van der Waals surface area contributed by atoms with Crippen LogP contribution in [-0.4, -0.2) is 19.7 Å². The van der Waals surface area contributed by atoms with Gasteiger partial charge in [-0.05, 0) is 42.9 Å². The van der Waals surface area contributed by atoms with Crippen molar-refractivity contribution < 1.29 is 9.53 Å². The molecule has 1 rings (SSSR count). The third-order valence-corrected chi connectivity index (χ3v) is 3.48. The highest BCUT2D eigenvalue weighted by Gasteiger charge is 2.12. The van der Waals surface area contributed by atoms with Crippen molar-refractivity contribution in [3.05, 3.63) is 29.8 Å². The first kappa shape index (κ1) is 17.3. The lowest BCUT2D eigenvalue weighted by Crippen LogP contribution is -2.38. The lowest BCUT2D eigenvalue weighted by atomic mass is 10.0. The first-order valence-corrected chi connectivity index (χ1v) is 7.75. The van der Waals surface area contributed by atoms with E-state index >= 15 is 0 Å². The number of ether oxygens (including phenoxy) is 1. The van der Waals surface area contributed by atoms with Crippen molar-refractivity contribution in [3.8, 4) is 5.75 Å². The quantitative estimate of drug-likeness (QED) is 0.714. The SMILES string of the molecule is CCC(NC(=O)NCCCC(C)C)c1ccc(OC)cc1. The number of urea groups is 1. The minimum Gasteiger partial charge on any atom is -0.497 e. The number of rotatable bonds is 8. The maximum Gasteiger partial charge on any atom is 0.315 e. The molecular weight excluding hydrogens is 264 g/mol. The zero-order chi connectivity index (χ0) is 15.7. The molecule has 1 aromatic carbocycles. The van der Waals surface area contributed by atoms with E-state index in [0.717, 1.165) is 37.1 Å². The van der Waals surface area contributed by atoms with E-state index in [1.165, 1.54) is 0 Å². The van der Waals surface area contributed by atoms with Crippen molar-refractivity contribution in [2.45, 2.75) is 46.1 Å². The number of carbonyl (C=O) groups is 1. The Morgan fingerprint density at radius 2 is 1.90 bits per heavy atom. The second kappa shape index (κ2) is 9.27. The van der Waals surface area contributed by atoms with Crippen LogP contribution in [0, 0.1) is 5.92 Å². The van der Waals surface area contributed by atoms with E-state index in [4.69, 9.17) is 4.74 Å². The third kappa shape index (κ3) is 6.52. The normalized spacial score (nSPS) is 12.0. The Morgan fingerprint density at radius 1 is 1.24 bits per heavy atom. The molecule has 21 heavy (non-hydrogen) atoms. The highest BCUT2D eigenvalue weighted by Crippen LogP contribution is 2.19. The van der Waals surface area contributed by atoms with E-state index in [9.17, 15) is 4.79 Å². The van der Waals surface area contributed by atoms with Crippen molar-refractivity contribution in [2.75, 3.05) is 13.7 Å². The van der Waals surface area contributed by atoms with Crippen LogP contribution in [0.4, 0.5) is 4.79 Å². The number of amides is 2. The Kier molecular flexibility index (Phi) is 7.65. The lowest BCUT2D eigenvalue weighted by Gasteiger charge is -2.18. The monoisotopic (exact) mass is 292 g/mol. The summed E-state index contributed by atoms with van der Waals surface area (Å²) < 4.78 is 5.15. The molecule has 0 heterocycles. The Balaban J connectivity index is 2.43. The molecule has 0 fully saturated rings. The topological polar surface area (TPSA) is 50.4 Å². The molecular formula is C17H28N2O2. The minimum absolute atomic E-state index is 0.0287. The van der Waals surface area contributed by atoms with Crippen LogP contribution in [0.3, 0.4) is 0 Å². The predicted octanol–water partition coefficient (Wildman–Crippen LogP) is 3.88. The zero-order valence-corrected chi connectivity index (χ0v) is 13.6. The van der Waals surface area contributed by atoms with Crippen LogP contribution in [0.1, 0.15) is 51.6 Å². The number of benzene rings is 1. The Bertz CT molecular complexity index is 415. The van der Waals surface area contributed by atoms with E-state index in [-0.39, 0.29) is 12.1 Å². The van der Waals surface area contributed by atoms with Gasteiger partial charge in [0.1, 0.15) is 5.75 Å². The molecule has 1 aromatic rings. The largest absolute Gasteiger partial charge is 0.497 e. The molecule has 118 valence electrons. The van der Waals surface area contributed by atoms with Gasteiger partial charge in [-0.1, -0.05) is 32.9 Å². The number of hydrogen-bond acceptors (Lipinski definition) is 2. The van der Waals surface area contributed by atoms with Crippen molar-refractivity contribution in [1.82, 2.24) is 10.6 Å². The molecule has 4 nitrogen and oxygen atoms in total. The summed E-state index contributed by atoms with van der Waals surface area (Å²) >= 11 is 0. The van der Waals surface area contributed by atoms with Gasteiger partial charge in [0, 0.05) is 6.54 Å². The summed E-state index contributed by atoms with van der Waals surface area (Å²) in [6.45, 7) is 7.17. The molecule has 2 N–H and O–H groups in total. The van der Waals surface area contributed by atoms with Crippen molar-refractivity contribution in [2.24, 2.45) is 5.92 Å². The molecule has 0 spiro atoms. The molecule has 1 unspecified atom stereocenters. The summed E-state index contributed by atoms with van der Waals surface area (Å²) in [5, 5.41) is 5.94. The molecule has 2 amide bonds. The standard InChI is InChI=1S/C17H28N2O2/c1-5-16(14-8-10-15(21-4)11-9-14)19-17(20)18-12-6-7-13(2)3/h8-11,13,16H,5-7,12H2,1-4H3,(H2,18,19,20). The molecule has 0 aromatic heterocycles. The average molecular weight is 292 g/mol. The molecule has 0 aliphatic rings. The minimum atomic E-state index is -0.0959. The maximum atomic E-state index is 11.9. The number of nitrogens with one attached hydrogen (secondary N) is 2. The lowest BCUT2D eigenvalue weighted by molar-refractivity contribution is 0.236. The fraction of sp³-hybridized carbons (Fsp3) is 0.588. The second-order valence-electron chi connectivity index (χ2n) is 5.67. The van der Waals surface area contributed by atoms with Gasteiger partial charge in [0.05, 0.1) is 13.2 Å². The second-order valence-corrected chi connectivity index (χ2v) is 5.67. The summed E-state index contributed by atoms with van der Waals surface area (Å²) in [6.07, 6.45) is 3.01. The molecule has 1 atom stereocenters. The van der Waals surface area contributed by atoms with E-state index in [0.29, 0.717) is 5.92 Å². The van der Waals surface area contributed by atoms with Crippen LogP contribution < -0.4 is 15.4 Å². The van der Waals surface area contributed by atoms with Crippen LogP contribution >= 0.6 is 0 Å². The number of carbonyl (C=O) groups excluding carboxylic acids is 1. The van der Waals surface area contributed by atoms with Crippen LogP contribution in [0.5, 0.6) is 5.75 Å². The Labute approximate surface area is 128 Å². The zero-order valence-electron chi connectivity index (χ0n) is 13.6. The molecule has 0 aliphatic heterocycles. The van der Waals surface area contributed by atoms with Crippen LogP contribution in [0.2, 0.25) is 0 Å². The molecule has 0 aliphatic carbocycles. The van der Waals surface area contributed by atoms with Crippen LogP contribution in [0.15, 0.2) is 24.3 Å². The third-order valence-electron chi connectivity index (χ3n) is 3.48. The van der Waals surface area contributed by atoms with Gasteiger partial charge in [0.25, 0.3) is 0 Å². The van der Waals surface area contributed by atoms with Crippen LogP contribution in [-0.2, 0) is 0 Å². The summed E-state index contributed by atoms with van der Waals surface area (Å²) in [5.41, 5.74) is 1.09. The summed E-state index contributed by atoms with van der Waals surface area (Å²) in [5.74, 6) is 1.50. The molecule has 4 heteroatoms. The van der Waals surface area contributed by atoms with Gasteiger partial charge >= 0.3 is 6.03 Å². The summed E-state index contributed by atoms with van der Waals surface area (Å²) in [6, 6.07) is 7.75. The molecule has 0 bridgehead atoms. The van der Waals surface area contributed by atoms with Gasteiger partial charge < -0.3 is 15.4 Å². The maximum absolute atomic E-state index is 11.9.